The normalized spacial score (nSPS) is 12.9. The molecule has 0 heterocycles. The molecule has 2 atom stereocenters. The minimum atomic E-state index is -0.568. The summed E-state index contributed by atoms with van der Waals surface area (Å²) in [5.41, 5.74) is 2.98. The quantitative estimate of drug-likeness (QED) is 0.708. The lowest BCUT2D eigenvalue weighted by Gasteiger charge is -2.30. The zero-order valence-electron chi connectivity index (χ0n) is 17.0. The largest absolute Gasteiger partial charge is 0.352 e. The van der Waals surface area contributed by atoms with Crippen LogP contribution in [0.25, 0.3) is 0 Å². The van der Waals surface area contributed by atoms with Gasteiger partial charge in [-0.25, -0.2) is 0 Å². The molecular formula is C23H29ClN2O2. The first kappa shape index (κ1) is 22.0. The van der Waals surface area contributed by atoms with Gasteiger partial charge in [-0.05, 0) is 56.0 Å². The van der Waals surface area contributed by atoms with Crippen molar-refractivity contribution in [2.75, 3.05) is 0 Å². The van der Waals surface area contributed by atoms with Crippen LogP contribution in [0.1, 0.15) is 43.9 Å². The Morgan fingerprint density at radius 3 is 2.32 bits per heavy atom. The molecule has 1 N–H and O–H groups in total. The Hall–Kier alpha value is -2.33. The third kappa shape index (κ3) is 6.10. The molecule has 0 aliphatic heterocycles. The Balaban J connectivity index is 2.23. The summed E-state index contributed by atoms with van der Waals surface area (Å²) in [6, 6.07) is 14.7. The van der Waals surface area contributed by atoms with Crippen molar-refractivity contribution in [3.8, 4) is 0 Å². The molecule has 2 aromatic carbocycles. The van der Waals surface area contributed by atoms with E-state index in [-0.39, 0.29) is 24.3 Å². The Morgan fingerprint density at radius 1 is 1.07 bits per heavy atom. The van der Waals surface area contributed by atoms with Crippen molar-refractivity contribution >= 4 is 23.4 Å². The lowest BCUT2D eigenvalue weighted by Crippen LogP contribution is -2.49. The van der Waals surface area contributed by atoms with Gasteiger partial charge in [0.1, 0.15) is 6.04 Å². The van der Waals surface area contributed by atoms with Gasteiger partial charge in [0.25, 0.3) is 0 Å². The van der Waals surface area contributed by atoms with E-state index >= 15 is 0 Å². The highest BCUT2D eigenvalue weighted by atomic mass is 35.5. The SMILES string of the molecule is CC[C@H](C)NC(=O)[C@@H](C)N(Cc1ccc(Cl)cc1)C(=O)Cc1ccccc1C. The number of amides is 2. The van der Waals surface area contributed by atoms with Crippen LogP contribution in [-0.2, 0) is 22.6 Å². The van der Waals surface area contributed by atoms with E-state index in [1.54, 1.807) is 24.0 Å². The summed E-state index contributed by atoms with van der Waals surface area (Å²) in [5, 5.41) is 3.62. The minimum Gasteiger partial charge on any atom is -0.352 e. The molecule has 5 heteroatoms. The second-order valence-electron chi connectivity index (χ2n) is 7.25. The van der Waals surface area contributed by atoms with Crippen LogP contribution in [0.3, 0.4) is 0 Å². The summed E-state index contributed by atoms with van der Waals surface area (Å²) in [7, 11) is 0. The van der Waals surface area contributed by atoms with Gasteiger partial charge in [0.05, 0.1) is 6.42 Å². The van der Waals surface area contributed by atoms with E-state index in [9.17, 15) is 9.59 Å². The van der Waals surface area contributed by atoms with Gasteiger partial charge in [0.15, 0.2) is 0 Å². The third-order valence-corrected chi connectivity index (χ3v) is 5.29. The smallest absolute Gasteiger partial charge is 0.242 e. The lowest BCUT2D eigenvalue weighted by atomic mass is 10.0. The fraction of sp³-hybridized carbons (Fsp3) is 0.391. The fourth-order valence-corrected chi connectivity index (χ4v) is 3.03. The average Bonchev–Trinajstić information content (AvgIpc) is 2.68. The molecule has 0 aromatic heterocycles. The predicted octanol–water partition coefficient (Wildman–Crippen LogP) is 4.52. The molecule has 2 aromatic rings. The molecule has 0 unspecified atom stereocenters. The molecule has 0 saturated heterocycles. The summed E-state index contributed by atoms with van der Waals surface area (Å²) in [6.45, 7) is 8.11. The van der Waals surface area contributed by atoms with Crippen LogP contribution in [0.15, 0.2) is 48.5 Å². The van der Waals surface area contributed by atoms with E-state index in [0.29, 0.717) is 11.6 Å². The molecule has 28 heavy (non-hydrogen) atoms. The monoisotopic (exact) mass is 400 g/mol. The maximum absolute atomic E-state index is 13.2. The first-order chi connectivity index (χ1) is 13.3. The van der Waals surface area contributed by atoms with Crippen LogP contribution >= 0.6 is 11.6 Å². The first-order valence-electron chi connectivity index (χ1n) is 9.70. The fourth-order valence-electron chi connectivity index (χ4n) is 2.91. The highest BCUT2D eigenvalue weighted by molar-refractivity contribution is 6.30. The number of hydrogen-bond acceptors (Lipinski definition) is 2. The van der Waals surface area contributed by atoms with Crippen LogP contribution in [0, 0.1) is 6.92 Å². The van der Waals surface area contributed by atoms with E-state index in [0.717, 1.165) is 23.1 Å². The highest BCUT2D eigenvalue weighted by Gasteiger charge is 2.27. The summed E-state index contributed by atoms with van der Waals surface area (Å²) < 4.78 is 0. The molecule has 0 bridgehead atoms. The number of hydrogen-bond donors (Lipinski definition) is 1. The van der Waals surface area contributed by atoms with Crippen molar-refractivity contribution in [3.63, 3.8) is 0 Å². The first-order valence-corrected chi connectivity index (χ1v) is 10.1. The highest BCUT2D eigenvalue weighted by Crippen LogP contribution is 2.16. The van der Waals surface area contributed by atoms with Crippen LogP contribution in [0.4, 0.5) is 0 Å². The Labute approximate surface area is 172 Å². The Bertz CT molecular complexity index is 805. The summed E-state index contributed by atoms with van der Waals surface area (Å²) >= 11 is 5.98. The topological polar surface area (TPSA) is 49.4 Å². The molecule has 0 radical (unpaired) electrons. The van der Waals surface area contributed by atoms with Gasteiger partial charge in [-0.1, -0.05) is 54.9 Å². The molecular weight excluding hydrogens is 372 g/mol. The van der Waals surface area contributed by atoms with Crippen molar-refractivity contribution in [2.45, 2.75) is 59.2 Å². The predicted molar refractivity (Wildman–Crippen MR) is 114 cm³/mol. The molecule has 0 aliphatic carbocycles. The van der Waals surface area contributed by atoms with Crippen LogP contribution in [-0.4, -0.2) is 28.8 Å². The zero-order chi connectivity index (χ0) is 20.7. The maximum Gasteiger partial charge on any atom is 0.242 e. The zero-order valence-corrected chi connectivity index (χ0v) is 17.8. The molecule has 2 rings (SSSR count). The molecule has 0 spiro atoms. The molecule has 150 valence electrons. The van der Waals surface area contributed by atoms with Crippen LogP contribution in [0.2, 0.25) is 5.02 Å². The number of benzene rings is 2. The van der Waals surface area contributed by atoms with E-state index < -0.39 is 6.04 Å². The number of carbonyl (C=O) groups is 2. The number of rotatable bonds is 8. The van der Waals surface area contributed by atoms with E-state index in [1.807, 2.05) is 57.2 Å². The van der Waals surface area contributed by atoms with Crippen molar-refractivity contribution in [3.05, 3.63) is 70.2 Å². The summed E-state index contributed by atoms with van der Waals surface area (Å²) in [4.78, 5) is 27.5. The lowest BCUT2D eigenvalue weighted by molar-refractivity contribution is -0.140. The summed E-state index contributed by atoms with van der Waals surface area (Å²) in [5.74, 6) is -0.211. The number of carbonyl (C=O) groups excluding carboxylic acids is 2. The minimum absolute atomic E-state index is 0.0683. The van der Waals surface area contributed by atoms with Crippen LogP contribution in [0.5, 0.6) is 0 Å². The van der Waals surface area contributed by atoms with E-state index in [4.69, 9.17) is 11.6 Å². The average molecular weight is 401 g/mol. The number of nitrogens with one attached hydrogen (secondary N) is 1. The van der Waals surface area contributed by atoms with Crippen LogP contribution < -0.4 is 5.32 Å². The van der Waals surface area contributed by atoms with Gasteiger partial charge in [0, 0.05) is 17.6 Å². The summed E-state index contributed by atoms with van der Waals surface area (Å²) in [6.07, 6.45) is 1.11. The molecule has 0 aliphatic rings. The van der Waals surface area contributed by atoms with Gasteiger partial charge in [-0.15, -0.1) is 0 Å². The molecule has 2 amide bonds. The Morgan fingerprint density at radius 2 is 1.71 bits per heavy atom. The van der Waals surface area contributed by atoms with Crippen molar-refractivity contribution in [1.82, 2.24) is 10.2 Å². The number of halogens is 1. The number of nitrogens with zero attached hydrogens (tertiary/aromatic N) is 1. The van der Waals surface area contributed by atoms with Crippen molar-refractivity contribution in [1.29, 1.82) is 0 Å². The van der Waals surface area contributed by atoms with Gasteiger partial charge in [0.2, 0.25) is 11.8 Å². The molecule has 0 fully saturated rings. The van der Waals surface area contributed by atoms with E-state index in [1.165, 1.54) is 0 Å². The van der Waals surface area contributed by atoms with Crippen molar-refractivity contribution in [2.24, 2.45) is 0 Å². The van der Waals surface area contributed by atoms with Gasteiger partial charge in [-0.2, -0.15) is 0 Å². The van der Waals surface area contributed by atoms with Gasteiger partial charge < -0.3 is 10.2 Å². The molecule has 4 nitrogen and oxygen atoms in total. The Kier molecular flexibility index (Phi) is 8.06. The second-order valence-corrected chi connectivity index (χ2v) is 7.68. The van der Waals surface area contributed by atoms with Gasteiger partial charge >= 0.3 is 0 Å². The van der Waals surface area contributed by atoms with Gasteiger partial charge in [-0.3, -0.25) is 9.59 Å². The van der Waals surface area contributed by atoms with E-state index in [2.05, 4.69) is 5.32 Å². The third-order valence-electron chi connectivity index (χ3n) is 5.04. The second kappa shape index (κ2) is 10.3. The number of aryl methyl sites for hydroxylation is 1. The standard InChI is InChI=1S/C23H29ClN2O2/c1-5-17(3)25-23(28)18(4)26(15-19-10-12-21(24)13-11-19)22(27)14-20-9-7-6-8-16(20)2/h6-13,17-18H,5,14-15H2,1-4H3,(H,25,28)/t17-,18+/m0/s1. The van der Waals surface area contributed by atoms with Crippen molar-refractivity contribution < 1.29 is 9.59 Å². The maximum atomic E-state index is 13.2. The molecule has 0 saturated carbocycles.